The van der Waals surface area contributed by atoms with Gasteiger partial charge in [-0.3, -0.25) is 0 Å². The largest absolute Gasteiger partial charge is 0.384 e. The Balaban J connectivity index is 2.93. The van der Waals surface area contributed by atoms with Gasteiger partial charge < -0.3 is 14.8 Å². The highest BCUT2D eigenvalue weighted by Crippen LogP contribution is 2.16. The Morgan fingerprint density at radius 2 is 2.11 bits per heavy atom. The van der Waals surface area contributed by atoms with Crippen LogP contribution in [0, 0.1) is 0 Å². The number of nitrogens with zero attached hydrogens (tertiary/aromatic N) is 3. The fourth-order valence-electron chi connectivity index (χ4n) is 1.96. The molecule has 1 atom stereocenters. The lowest BCUT2D eigenvalue weighted by atomic mass is 10.2. The van der Waals surface area contributed by atoms with E-state index in [4.69, 9.17) is 9.47 Å². The van der Waals surface area contributed by atoms with Crippen molar-refractivity contribution >= 4 is 0 Å². The van der Waals surface area contributed by atoms with Gasteiger partial charge in [-0.25, -0.2) is 4.68 Å². The molecule has 1 aromatic rings. The van der Waals surface area contributed by atoms with Crippen molar-refractivity contribution < 1.29 is 9.47 Å². The zero-order valence-corrected chi connectivity index (χ0v) is 11.8. The van der Waals surface area contributed by atoms with Crippen LogP contribution in [0.25, 0.3) is 0 Å². The van der Waals surface area contributed by atoms with Gasteiger partial charge in [0.2, 0.25) is 0 Å². The number of hydrogen-bond acceptors (Lipinski definition) is 5. The normalized spacial score (nSPS) is 12.9. The van der Waals surface area contributed by atoms with Crippen molar-refractivity contribution in [2.45, 2.75) is 32.4 Å². The van der Waals surface area contributed by atoms with Crippen LogP contribution in [0.15, 0.2) is 0 Å². The maximum atomic E-state index is 5.24. The molecule has 1 rings (SSSR count). The Hall–Kier alpha value is -0.980. The third-order valence-corrected chi connectivity index (χ3v) is 2.93. The Morgan fingerprint density at radius 1 is 1.33 bits per heavy atom. The summed E-state index contributed by atoms with van der Waals surface area (Å²) in [5.74, 6) is 0. The van der Waals surface area contributed by atoms with Crippen LogP contribution < -0.4 is 5.32 Å². The minimum absolute atomic E-state index is 0.236. The van der Waals surface area contributed by atoms with E-state index in [9.17, 15) is 0 Å². The third-order valence-electron chi connectivity index (χ3n) is 2.93. The van der Waals surface area contributed by atoms with E-state index in [0.717, 1.165) is 30.8 Å². The standard InChI is InChI=1S/C12H24N4O2/c1-5-10(9-18-4)16-12(6-7-17-3)11(8-13-2)14-15-16/h10,13H,5-9H2,1-4H3. The first-order valence-electron chi connectivity index (χ1n) is 6.33. The molecule has 1 heterocycles. The highest BCUT2D eigenvalue weighted by Gasteiger charge is 2.18. The summed E-state index contributed by atoms with van der Waals surface area (Å²) in [5.41, 5.74) is 2.12. The van der Waals surface area contributed by atoms with Crippen LogP contribution in [-0.2, 0) is 22.4 Å². The number of nitrogens with one attached hydrogen (secondary N) is 1. The Kier molecular flexibility index (Phi) is 6.85. The van der Waals surface area contributed by atoms with Gasteiger partial charge in [-0.15, -0.1) is 5.10 Å². The summed E-state index contributed by atoms with van der Waals surface area (Å²) in [6.45, 7) is 4.18. The van der Waals surface area contributed by atoms with Crippen LogP contribution in [0.4, 0.5) is 0 Å². The molecule has 1 aromatic heterocycles. The molecule has 0 fully saturated rings. The van der Waals surface area contributed by atoms with Gasteiger partial charge in [-0.1, -0.05) is 12.1 Å². The van der Waals surface area contributed by atoms with Crippen LogP contribution in [0.3, 0.4) is 0 Å². The molecule has 0 amide bonds. The van der Waals surface area contributed by atoms with Crippen molar-refractivity contribution in [3.63, 3.8) is 0 Å². The second-order valence-corrected chi connectivity index (χ2v) is 4.22. The van der Waals surface area contributed by atoms with E-state index >= 15 is 0 Å². The van der Waals surface area contributed by atoms with E-state index in [0.29, 0.717) is 13.2 Å². The molecule has 1 unspecified atom stereocenters. The molecule has 1 N–H and O–H groups in total. The first kappa shape index (κ1) is 15.1. The molecule has 0 aliphatic heterocycles. The summed E-state index contributed by atoms with van der Waals surface area (Å²) < 4.78 is 12.4. The van der Waals surface area contributed by atoms with Gasteiger partial charge in [0.05, 0.1) is 30.6 Å². The molecule has 6 heteroatoms. The molecule has 0 radical (unpaired) electrons. The molecule has 0 aliphatic rings. The van der Waals surface area contributed by atoms with Crippen molar-refractivity contribution in [2.75, 3.05) is 34.5 Å². The lowest BCUT2D eigenvalue weighted by Crippen LogP contribution is -2.19. The Bertz CT molecular complexity index is 341. The average molecular weight is 256 g/mol. The van der Waals surface area contributed by atoms with E-state index in [1.165, 1.54) is 0 Å². The van der Waals surface area contributed by atoms with Crippen molar-refractivity contribution in [2.24, 2.45) is 0 Å². The van der Waals surface area contributed by atoms with Gasteiger partial charge in [0, 0.05) is 27.2 Å². The molecule has 0 bridgehead atoms. The fraction of sp³-hybridized carbons (Fsp3) is 0.833. The first-order chi connectivity index (χ1) is 8.78. The second-order valence-electron chi connectivity index (χ2n) is 4.22. The monoisotopic (exact) mass is 256 g/mol. The van der Waals surface area contributed by atoms with Crippen LogP contribution in [0.1, 0.15) is 30.8 Å². The van der Waals surface area contributed by atoms with Gasteiger partial charge >= 0.3 is 0 Å². The first-order valence-corrected chi connectivity index (χ1v) is 6.33. The minimum atomic E-state index is 0.236. The zero-order valence-electron chi connectivity index (χ0n) is 11.8. The van der Waals surface area contributed by atoms with Crippen LogP contribution >= 0.6 is 0 Å². The lowest BCUT2D eigenvalue weighted by Gasteiger charge is -2.17. The zero-order chi connectivity index (χ0) is 13.4. The Morgan fingerprint density at radius 3 is 2.67 bits per heavy atom. The van der Waals surface area contributed by atoms with E-state index in [1.807, 2.05) is 11.7 Å². The van der Waals surface area contributed by atoms with E-state index in [1.54, 1.807) is 14.2 Å². The van der Waals surface area contributed by atoms with Crippen LogP contribution in [0.5, 0.6) is 0 Å². The molecule has 6 nitrogen and oxygen atoms in total. The van der Waals surface area contributed by atoms with Gasteiger partial charge in [-0.2, -0.15) is 0 Å². The maximum Gasteiger partial charge on any atom is 0.0997 e. The lowest BCUT2D eigenvalue weighted by molar-refractivity contribution is 0.143. The molecule has 0 spiro atoms. The summed E-state index contributed by atoms with van der Waals surface area (Å²) in [4.78, 5) is 0. The summed E-state index contributed by atoms with van der Waals surface area (Å²) in [7, 11) is 5.33. The Labute approximate surface area is 109 Å². The van der Waals surface area contributed by atoms with Gasteiger partial charge in [0.1, 0.15) is 0 Å². The summed E-state index contributed by atoms with van der Waals surface area (Å²) in [5, 5.41) is 11.6. The van der Waals surface area contributed by atoms with Crippen molar-refractivity contribution in [3.05, 3.63) is 11.4 Å². The van der Waals surface area contributed by atoms with E-state index in [-0.39, 0.29) is 6.04 Å². The molecule has 0 saturated heterocycles. The highest BCUT2D eigenvalue weighted by molar-refractivity contribution is 5.11. The van der Waals surface area contributed by atoms with Gasteiger partial charge in [0.25, 0.3) is 0 Å². The fourth-order valence-corrected chi connectivity index (χ4v) is 1.96. The van der Waals surface area contributed by atoms with Gasteiger partial charge in [0.15, 0.2) is 0 Å². The highest BCUT2D eigenvalue weighted by atomic mass is 16.5. The van der Waals surface area contributed by atoms with Crippen molar-refractivity contribution in [1.29, 1.82) is 0 Å². The molecular formula is C12H24N4O2. The van der Waals surface area contributed by atoms with E-state index in [2.05, 4.69) is 22.6 Å². The number of methoxy groups -OCH3 is 2. The van der Waals surface area contributed by atoms with Gasteiger partial charge in [-0.05, 0) is 13.5 Å². The predicted molar refractivity (Wildman–Crippen MR) is 69.6 cm³/mol. The molecule has 0 saturated carbocycles. The number of ether oxygens (including phenoxy) is 2. The quantitative estimate of drug-likeness (QED) is 0.707. The summed E-state index contributed by atoms with van der Waals surface area (Å²) in [6.07, 6.45) is 1.79. The summed E-state index contributed by atoms with van der Waals surface area (Å²) >= 11 is 0. The van der Waals surface area contributed by atoms with Crippen LogP contribution in [0.2, 0.25) is 0 Å². The molecule has 18 heavy (non-hydrogen) atoms. The summed E-state index contributed by atoms with van der Waals surface area (Å²) in [6, 6.07) is 0.236. The topological polar surface area (TPSA) is 61.2 Å². The van der Waals surface area contributed by atoms with E-state index < -0.39 is 0 Å². The predicted octanol–water partition coefficient (Wildman–Crippen LogP) is 0.784. The smallest absolute Gasteiger partial charge is 0.0997 e. The van der Waals surface area contributed by atoms with Crippen molar-refractivity contribution in [1.82, 2.24) is 20.3 Å². The van der Waals surface area contributed by atoms with Crippen molar-refractivity contribution in [3.8, 4) is 0 Å². The molecule has 0 aliphatic carbocycles. The molecule has 0 aromatic carbocycles. The molecule has 104 valence electrons. The second kappa shape index (κ2) is 8.18. The molecular weight excluding hydrogens is 232 g/mol. The number of rotatable bonds is 9. The number of hydrogen-bond donors (Lipinski definition) is 1. The SMILES string of the molecule is CCC(COC)n1nnc(CNC)c1CCOC. The number of aromatic nitrogens is 3. The third kappa shape index (κ3) is 3.76. The van der Waals surface area contributed by atoms with Crippen LogP contribution in [-0.4, -0.2) is 49.5 Å². The minimum Gasteiger partial charge on any atom is -0.384 e. The maximum absolute atomic E-state index is 5.24. The average Bonchev–Trinajstić information content (AvgIpc) is 2.77.